The largest absolute Gasteiger partial charge is 0.495 e. The predicted octanol–water partition coefficient (Wildman–Crippen LogP) is 3.80. The third kappa shape index (κ3) is 4.81. The molecule has 2 aromatic carbocycles. The van der Waals surface area contributed by atoms with Gasteiger partial charge < -0.3 is 10.1 Å². The van der Waals surface area contributed by atoms with Crippen molar-refractivity contribution in [2.45, 2.75) is 13.0 Å². The number of hydrogen-bond acceptors (Lipinski definition) is 4. The second-order valence-corrected chi connectivity index (χ2v) is 8.25. The second kappa shape index (κ2) is 8.16. The van der Waals surface area contributed by atoms with Crippen LogP contribution in [0.25, 0.3) is 0 Å². The van der Waals surface area contributed by atoms with E-state index in [1.165, 1.54) is 32.2 Å². The standard InChI is InChI=1S/C17H18Cl2N2O4S/c1-11(17(22)20-13-6-9-16(25-2)15(19)10-13)21(26(3,23)24)14-7-4-12(18)5-8-14/h4-11H,1-3H3,(H,20,22)/t11-/m0/s1. The van der Waals surface area contributed by atoms with Crippen molar-refractivity contribution in [3.05, 3.63) is 52.5 Å². The summed E-state index contributed by atoms with van der Waals surface area (Å²) in [6, 6.07) is 9.95. The molecule has 140 valence electrons. The highest BCUT2D eigenvalue weighted by molar-refractivity contribution is 7.92. The second-order valence-electron chi connectivity index (χ2n) is 5.55. The smallest absolute Gasteiger partial charge is 0.247 e. The Hall–Kier alpha value is -1.96. The van der Waals surface area contributed by atoms with E-state index in [1.54, 1.807) is 24.3 Å². The number of anilines is 2. The fourth-order valence-electron chi connectivity index (χ4n) is 2.39. The summed E-state index contributed by atoms with van der Waals surface area (Å²) in [6.45, 7) is 1.50. The average molecular weight is 417 g/mol. The van der Waals surface area contributed by atoms with Crippen LogP contribution in [0.3, 0.4) is 0 Å². The molecule has 26 heavy (non-hydrogen) atoms. The lowest BCUT2D eigenvalue weighted by Gasteiger charge is -2.28. The van der Waals surface area contributed by atoms with E-state index in [2.05, 4.69) is 5.32 Å². The molecular formula is C17H18Cl2N2O4S. The van der Waals surface area contributed by atoms with Crippen molar-refractivity contribution in [1.82, 2.24) is 0 Å². The van der Waals surface area contributed by atoms with E-state index in [1.807, 2.05) is 0 Å². The summed E-state index contributed by atoms with van der Waals surface area (Å²) in [7, 11) is -2.22. The van der Waals surface area contributed by atoms with Gasteiger partial charge in [-0.2, -0.15) is 0 Å². The molecule has 1 amide bonds. The van der Waals surface area contributed by atoms with Gasteiger partial charge in [0.15, 0.2) is 0 Å². The number of carbonyl (C=O) groups excluding carboxylic acids is 1. The molecule has 1 atom stereocenters. The van der Waals surface area contributed by atoms with Gasteiger partial charge in [-0.1, -0.05) is 23.2 Å². The minimum atomic E-state index is -3.70. The summed E-state index contributed by atoms with van der Waals surface area (Å²) in [5, 5.41) is 3.45. The van der Waals surface area contributed by atoms with Crippen LogP contribution in [0.4, 0.5) is 11.4 Å². The van der Waals surface area contributed by atoms with Crippen LogP contribution in [0.15, 0.2) is 42.5 Å². The zero-order valence-electron chi connectivity index (χ0n) is 14.4. The number of hydrogen-bond donors (Lipinski definition) is 1. The number of methoxy groups -OCH3 is 1. The van der Waals surface area contributed by atoms with Crippen LogP contribution in [-0.2, 0) is 14.8 Å². The van der Waals surface area contributed by atoms with E-state index in [9.17, 15) is 13.2 Å². The first-order valence-electron chi connectivity index (χ1n) is 7.53. The van der Waals surface area contributed by atoms with E-state index in [0.29, 0.717) is 27.2 Å². The van der Waals surface area contributed by atoms with E-state index < -0.39 is 22.0 Å². The quantitative estimate of drug-likeness (QED) is 0.776. The number of ether oxygens (including phenoxy) is 1. The molecule has 0 saturated heterocycles. The molecule has 2 aromatic rings. The summed E-state index contributed by atoms with van der Waals surface area (Å²) in [4.78, 5) is 12.6. The summed E-state index contributed by atoms with van der Waals surface area (Å²) in [5.41, 5.74) is 0.768. The Bertz CT molecular complexity index is 901. The zero-order valence-corrected chi connectivity index (χ0v) is 16.7. The highest BCUT2D eigenvalue weighted by Crippen LogP contribution is 2.28. The summed E-state index contributed by atoms with van der Waals surface area (Å²) in [6.07, 6.45) is 1.04. The Morgan fingerprint density at radius 3 is 2.27 bits per heavy atom. The molecule has 0 spiro atoms. The van der Waals surface area contributed by atoms with E-state index in [-0.39, 0.29) is 0 Å². The number of sulfonamides is 1. The molecule has 0 aromatic heterocycles. The summed E-state index contributed by atoms with van der Waals surface area (Å²) in [5.74, 6) is -0.0387. The van der Waals surface area contributed by atoms with E-state index in [0.717, 1.165) is 10.6 Å². The molecule has 0 aliphatic rings. The molecule has 0 fully saturated rings. The average Bonchev–Trinajstić information content (AvgIpc) is 2.55. The van der Waals surface area contributed by atoms with Crippen LogP contribution >= 0.6 is 23.2 Å². The van der Waals surface area contributed by atoms with Gasteiger partial charge in [0.1, 0.15) is 11.8 Å². The van der Waals surface area contributed by atoms with Crippen LogP contribution in [-0.4, -0.2) is 33.7 Å². The van der Waals surface area contributed by atoms with Crippen molar-refractivity contribution in [1.29, 1.82) is 0 Å². The molecule has 0 saturated carbocycles. The lowest BCUT2D eigenvalue weighted by Crippen LogP contribution is -2.45. The van der Waals surface area contributed by atoms with Crippen molar-refractivity contribution in [2.24, 2.45) is 0 Å². The Morgan fingerprint density at radius 2 is 1.77 bits per heavy atom. The zero-order chi connectivity index (χ0) is 19.5. The summed E-state index contributed by atoms with van der Waals surface area (Å²) < 4.78 is 30.5. The lowest BCUT2D eigenvalue weighted by molar-refractivity contribution is -0.116. The molecule has 1 N–H and O–H groups in total. The van der Waals surface area contributed by atoms with E-state index in [4.69, 9.17) is 27.9 Å². The minimum absolute atomic E-state index is 0.329. The van der Waals surface area contributed by atoms with Gasteiger partial charge in [-0.15, -0.1) is 0 Å². The van der Waals surface area contributed by atoms with E-state index >= 15 is 0 Å². The molecule has 6 nitrogen and oxygen atoms in total. The number of carbonyl (C=O) groups is 1. The molecule has 0 unspecified atom stereocenters. The Morgan fingerprint density at radius 1 is 1.15 bits per heavy atom. The molecule has 2 rings (SSSR count). The topological polar surface area (TPSA) is 75.7 Å². The van der Waals surface area contributed by atoms with Gasteiger partial charge in [-0.25, -0.2) is 8.42 Å². The third-order valence-corrected chi connectivity index (χ3v) is 5.38. The first-order chi connectivity index (χ1) is 12.1. The number of nitrogens with zero attached hydrogens (tertiary/aromatic N) is 1. The molecule has 0 heterocycles. The van der Waals surface area contributed by atoms with Gasteiger partial charge in [0.05, 0.1) is 24.1 Å². The number of halogens is 2. The Labute approximate surface area is 162 Å². The van der Waals surface area contributed by atoms with Gasteiger partial charge in [0.2, 0.25) is 15.9 Å². The first-order valence-corrected chi connectivity index (χ1v) is 10.1. The number of nitrogens with one attached hydrogen (secondary N) is 1. The number of benzene rings is 2. The van der Waals surface area contributed by atoms with Gasteiger partial charge in [-0.05, 0) is 49.4 Å². The van der Waals surface area contributed by atoms with Crippen molar-refractivity contribution in [2.75, 3.05) is 23.0 Å². The molecule has 0 bridgehead atoms. The van der Waals surface area contributed by atoms with Gasteiger partial charge >= 0.3 is 0 Å². The van der Waals surface area contributed by atoms with Crippen LogP contribution in [0, 0.1) is 0 Å². The van der Waals surface area contributed by atoms with Gasteiger partial charge in [0.25, 0.3) is 0 Å². The number of rotatable bonds is 6. The minimum Gasteiger partial charge on any atom is -0.495 e. The molecule has 0 aliphatic carbocycles. The molecule has 9 heteroatoms. The van der Waals surface area contributed by atoms with Gasteiger partial charge in [-0.3, -0.25) is 9.10 Å². The third-order valence-electron chi connectivity index (χ3n) is 3.59. The Balaban J connectivity index is 2.27. The van der Waals surface area contributed by atoms with Crippen LogP contribution in [0.1, 0.15) is 6.92 Å². The van der Waals surface area contributed by atoms with Crippen molar-refractivity contribution >= 4 is 50.5 Å². The molecular weight excluding hydrogens is 399 g/mol. The highest BCUT2D eigenvalue weighted by atomic mass is 35.5. The normalized spacial score (nSPS) is 12.3. The fourth-order valence-corrected chi connectivity index (χ4v) is 3.95. The molecule has 0 aliphatic heterocycles. The summed E-state index contributed by atoms with van der Waals surface area (Å²) >= 11 is 11.9. The van der Waals surface area contributed by atoms with Gasteiger partial charge in [0, 0.05) is 10.7 Å². The monoisotopic (exact) mass is 416 g/mol. The number of amides is 1. The van der Waals surface area contributed by atoms with Crippen LogP contribution in [0.2, 0.25) is 10.0 Å². The maximum atomic E-state index is 12.6. The van der Waals surface area contributed by atoms with Crippen LogP contribution in [0.5, 0.6) is 5.75 Å². The highest BCUT2D eigenvalue weighted by Gasteiger charge is 2.29. The SMILES string of the molecule is COc1ccc(NC(=O)[C@H](C)N(c2ccc(Cl)cc2)S(C)(=O)=O)cc1Cl. The molecule has 0 radical (unpaired) electrons. The van der Waals surface area contributed by atoms with Crippen molar-refractivity contribution < 1.29 is 17.9 Å². The maximum absolute atomic E-state index is 12.6. The predicted molar refractivity (Wildman–Crippen MR) is 105 cm³/mol. The van der Waals surface area contributed by atoms with Crippen molar-refractivity contribution in [3.8, 4) is 5.75 Å². The van der Waals surface area contributed by atoms with Crippen LogP contribution < -0.4 is 14.4 Å². The van der Waals surface area contributed by atoms with Crippen molar-refractivity contribution in [3.63, 3.8) is 0 Å². The Kier molecular flexibility index (Phi) is 6.39. The fraction of sp³-hybridized carbons (Fsp3) is 0.235. The first kappa shape index (κ1) is 20.4. The maximum Gasteiger partial charge on any atom is 0.247 e. The lowest BCUT2D eigenvalue weighted by atomic mass is 10.2.